The number of carbonyl (C=O) groups excluding carboxylic acids is 1. The Morgan fingerprint density at radius 3 is 2.85 bits per heavy atom. The number of benzene rings is 1. The second kappa shape index (κ2) is 7.19. The molecule has 1 aromatic carbocycles. The second-order valence-electron chi connectivity index (χ2n) is 6.68. The summed E-state index contributed by atoms with van der Waals surface area (Å²) in [6.07, 6.45) is 4.58. The molecule has 0 radical (unpaired) electrons. The molecule has 1 atom stereocenters. The zero-order valence-electron chi connectivity index (χ0n) is 14.9. The van der Waals surface area contributed by atoms with Gasteiger partial charge in [-0.3, -0.25) is 4.79 Å². The Morgan fingerprint density at radius 1 is 1.27 bits per heavy atom. The van der Waals surface area contributed by atoms with Crippen molar-refractivity contribution in [2.75, 3.05) is 6.79 Å². The smallest absolute Gasteiger partial charge is 0.233 e. The Balaban J connectivity index is 1.46. The SMILES string of the molecule is C[C@@H](Sc1nnc(-c2ccc3c(c2)OCO3)n1C)C(=O)NC1CCCC1. The third-order valence-electron chi connectivity index (χ3n) is 4.82. The van der Waals surface area contributed by atoms with Gasteiger partial charge in [0.05, 0.1) is 5.25 Å². The molecule has 26 heavy (non-hydrogen) atoms. The number of amides is 1. The number of aromatic nitrogens is 3. The highest BCUT2D eigenvalue weighted by atomic mass is 32.2. The predicted octanol–water partition coefficient (Wildman–Crippen LogP) is 2.75. The first-order chi connectivity index (χ1) is 12.6. The number of carbonyl (C=O) groups is 1. The molecule has 0 spiro atoms. The van der Waals surface area contributed by atoms with Crippen LogP contribution in [-0.2, 0) is 11.8 Å². The number of hydrogen-bond donors (Lipinski definition) is 1. The Kier molecular flexibility index (Phi) is 4.76. The Hall–Kier alpha value is -2.22. The highest BCUT2D eigenvalue weighted by molar-refractivity contribution is 8.00. The van der Waals surface area contributed by atoms with Gasteiger partial charge < -0.3 is 19.4 Å². The number of thioether (sulfide) groups is 1. The largest absolute Gasteiger partial charge is 0.454 e. The summed E-state index contributed by atoms with van der Waals surface area (Å²) in [5, 5.41) is 12.2. The van der Waals surface area contributed by atoms with Crippen LogP contribution in [0.2, 0.25) is 0 Å². The van der Waals surface area contributed by atoms with E-state index in [0.29, 0.717) is 16.9 Å². The highest BCUT2D eigenvalue weighted by Gasteiger charge is 2.24. The number of ether oxygens (including phenoxy) is 2. The fourth-order valence-electron chi connectivity index (χ4n) is 3.30. The maximum Gasteiger partial charge on any atom is 0.233 e. The van der Waals surface area contributed by atoms with Gasteiger partial charge in [0.25, 0.3) is 0 Å². The van der Waals surface area contributed by atoms with Crippen molar-refractivity contribution in [1.29, 1.82) is 0 Å². The van der Waals surface area contributed by atoms with Crippen molar-refractivity contribution < 1.29 is 14.3 Å². The number of nitrogens with zero attached hydrogens (tertiary/aromatic N) is 3. The summed E-state index contributed by atoms with van der Waals surface area (Å²) >= 11 is 1.42. The van der Waals surface area contributed by atoms with Crippen LogP contribution in [0, 0.1) is 0 Å². The van der Waals surface area contributed by atoms with E-state index in [2.05, 4.69) is 15.5 Å². The van der Waals surface area contributed by atoms with Crippen molar-refractivity contribution in [3.63, 3.8) is 0 Å². The first-order valence-corrected chi connectivity index (χ1v) is 9.76. The van der Waals surface area contributed by atoms with Gasteiger partial charge in [0.2, 0.25) is 12.7 Å². The molecule has 2 aromatic rings. The van der Waals surface area contributed by atoms with Crippen LogP contribution in [0.15, 0.2) is 23.4 Å². The number of nitrogens with one attached hydrogen (secondary N) is 1. The van der Waals surface area contributed by atoms with E-state index < -0.39 is 0 Å². The molecule has 1 aliphatic heterocycles. The van der Waals surface area contributed by atoms with Gasteiger partial charge in [0, 0.05) is 18.7 Å². The highest BCUT2D eigenvalue weighted by Crippen LogP contribution is 2.36. The van der Waals surface area contributed by atoms with E-state index in [0.717, 1.165) is 30.0 Å². The molecule has 1 aromatic heterocycles. The molecule has 4 rings (SSSR count). The lowest BCUT2D eigenvalue weighted by Crippen LogP contribution is -2.37. The zero-order valence-corrected chi connectivity index (χ0v) is 15.7. The molecule has 0 saturated heterocycles. The number of rotatable bonds is 5. The van der Waals surface area contributed by atoms with Gasteiger partial charge in [-0.1, -0.05) is 24.6 Å². The summed E-state index contributed by atoms with van der Waals surface area (Å²) in [7, 11) is 1.91. The first kappa shape index (κ1) is 17.2. The van der Waals surface area contributed by atoms with Crippen LogP contribution < -0.4 is 14.8 Å². The molecular formula is C18H22N4O3S. The zero-order chi connectivity index (χ0) is 18.1. The molecule has 8 heteroatoms. The van der Waals surface area contributed by atoms with Crippen molar-refractivity contribution in [3.8, 4) is 22.9 Å². The quantitative estimate of drug-likeness (QED) is 0.811. The molecule has 0 bridgehead atoms. The van der Waals surface area contributed by atoms with Crippen LogP contribution >= 0.6 is 11.8 Å². The van der Waals surface area contributed by atoms with Crippen LogP contribution in [0.1, 0.15) is 32.6 Å². The molecule has 1 amide bonds. The third kappa shape index (κ3) is 3.38. The van der Waals surface area contributed by atoms with Gasteiger partial charge in [-0.2, -0.15) is 0 Å². The van der Waals surface area contributed by atoms with Crippen LogP contribution in [0.3, 0.4) is 0 Å². The Bertz CT molecular complexity index is 817. The fourth-order valence-corrected chi connectivity index (χ4v) is 4.13. The fraction of sp³-hybridized carbons (Fsp3) is 0.500. The van der Waals surface area contributed by atoms with Crippen molar-refractivity contribution >= 4 is 17.7 Å². The molecule has 0 unspecified atom stereocenters. The molecule has 1 fully saturated rings. The summed E-state index contributed by atoms with van der Waals surface area (Å²) in [5.74, 6) is 2.25. The minimum Gasteiger partial charge on any atom is -0.454 e. The summed E-state index contributed by atoms with van der Waals surface area (Å²) < 4.78 is 12.7. The average molecular weight is 374 g/mol. The maximum atomic E-state index is 12.4. The first-order valence-electron chi connectivity index (χ1n) is 8.88. The van der Waals surface area contributed by atoms with E-state index in [1.807, 2.05) is 36.7 Å². The molecule has 7 nitrogen and oxygen atoms in total. The van der Waals surface area contributed by atoms with Crippen molar-refractivity contribution in [2.45, 2.75) is 49.1 Å². The van der Waals surface area contributed by atoms with Gasteiger partial charge in [-0.25, -0.2) is 0 Å². The van der Waals surface area contributed by atoms with E-state index in [1.165, 1.54) is 24.6 Å². The lowest BCUT2D eigenvalue weighted by Gasteiger charge is -2.16. The maximum absolute atomic E-state index is 12.4. The van der Waals surface area contributed by atoms with Gasteiger partial charge >= 0.3 is 0 Å². The van der Waals surface area contributed by atoms with Crippen molar-refractivity contribution in [3.05, 3.63) is 18.2 Å². The normalized spacial score (nSPS) is 17.5. The van der Waals surface area contributed by atoms with E-state index in [-0.39, 0.29) is 18.0 Å². The molecule has 2 heterocycles. The van der Waals surface area contributed by atoms with E-state index in [1.54, 1.807) is 0 Å². The van der Waals surface area contributed by atoms with Crippen LogP contribution in [0.25, 0.3) is 11.4 Å². The van der Waals surface area contributed by atoms with Gasteiger partial charge in [0.15, 0.2) is 22.5 Å². The van der Waals surface area contributed by atoms with Gasteiger partial charge in [0.1, 0.15) is 0 Å². The third-order valence-corrected chi connectivity index (χ3v) is 5.95. The molecular weight excluding hydrogens is 352 g/mol. The van der Waals surface area contributed by atoms with Gasteiger partial charge in [-0.15, -0.1) is 10.2 Å². The lowest BCUT2D eigenvalue weighted by atomic mass is 10.2. The standard InChI is InChI=1S/C18H22N4O3S/c1-11(17(23)19-13-5-3-4-6-13)26-18-21-20-16(22(18)2)12-7-8-14-15(9-12)25-10-24-14/h7-9,11,13H,3-6,10H2,1-2H3,(H,19,23)/t11-/m1/s1. The number of fused-ring (bicyclic) bond motifs is 1. The summed E-state index contributed by atoms with van der Waals surface area (Å²) in [6, 6.07) is 6.03. The molecule has 138 valence electrons. The van der Waals surface area contributed by atoms with E-state index >= 15 is 0 Å². The molecule has 2 aliphatic rings. The predicted molar refractivity (Wildman–Crippen MR) is 98.3 cm³/mol. The minimum absolute atomic E-state index is 0.0644. The Labute approximate surface area is 156 Å². The summed E-state index contributed by atoms with van der Waals surface area (Å²) in [6.45, 7) is 2.15. The van der Waals surface area contributed by atoms with E-state index in [4.69, 9.17) is 9.47 Å². The Morgan fingerprint density at radius 2 is 2.04 bits per heavy atom. The van der Waals surface area contributed by atoms with Crippen molar-refractivity contribution in [2.24, 2.45) is 7.05 Å². The molecule has 1 aliphatic carbocycles. The number of hydrogen-bond acceptors (Lipinski definition) is 6. The summed E-state index contributed by atoms with van der Waals surface area (Å²) in [4.78, 5) is 12.4. The second-order valence-corrected chi connectivity index (χ2v) is 7.99. The average Bonchev–Trinajstić information content (AvgIpc) is 3.36. The van der Waals surface area contributed by atoms with Crippen LogP contribution in [0.5, 0.6) is 11.5 Å². The van der Waals surface area contributed by atoms with Crippen LogP contribution in [0.4, 0.5) is 0 Å². The van der Waals surface area contributed by atoms with Crippen molar-refractivity contribution in [1.82, 2.24) is 20.1 Å². The monoisotopic (exact) mass is 374 g/mol. The minimum atomic E-state index is -0.219. The van der Waals surface area contributed by atoms with E-state index in [9.17, 15) is 4.79 Å². The van der Waals surface area contributed by atoms with Crippen LogP contribution in [-0.4, -0.2) is 38.8 Å². The van der Waals surface area contributed by atoms with Gasteiger partial charge in [-0.05, 0) is 38.0 Å². The lowest BCUT2D eigenvalue weighted by molar-refractivity contribution is -0.120. The molecule has 1 N–H and O–H groups in total. The molecule has 1 saturated carbocycles. The summed E-state index contributed by atoms with van der Waals surface area (Å²) in [5.41, 5.74) is 0.902. The topological polar surface area (TPSA) is 78.3 Å².